The minimum atomic E-state index is 0. The van der Waals surface area contributed by atoms with E-state index in [1.54, 1.807) is 6.33 Å². The first-order valence-corrected chi connectivity index (χ1v) is 20.3. The minimum absolute atomic E-state index is 0. The average molecular weight is 912 g/mol. The molecule has 7 heteroatoms. The quantitative estimate of drug-likeness (QED) is 0.0845. The van der Waals surface area contributed by atoms with Crippen molar-refractivity contribution in [3.8, 4) is 11.3 Å². The number of carbonyl (C=O) groups excluding carboxylic acids is 1. The van der Waals surface area contributed by atoms with Crippen molar-refractivity contribution in [2.75, 3.05) is 0 Å². The van der Waals surface area contributed by atoms with Gasteiger partial charge in [0, 0.05) is 58.5 Å². The van der Waals surface area contributed by atoms with E-state index in [1.165, 1.54) is 42.1 Å². The largest absolute Gasteiger partial charge is 0.512 e. The zero-order valence-corrected chi connectivity index (χ0v) is 36.6. The summed E-state index contributed by atoms with van der Waals surface area (Å²) in [6.07, 6.45) is 8.74. The topological polar surface area (TPSA) is 63.1 Å². The van der Waals surface area contributed by atoms with Crippen LogP contribution < -0.4 is 0 Å². The first-order chi connectivity index (χ1) is 24.1. The Labute approximate surface area is 332 Å². The molecule has 0 spiro atoms. The normalized spacial score (nSPS) is 12.6. The number of aromatic nitrogens is 2. The van der Waals surface area contributed by atoms with Gasteiger partial charge in [-0.3, -0.25) is 9.78 Å². The van der Waals surface area contributed by atoms with Gasteiger partial charge in [0.15, 0.2) is 5.78 Å². The Morgan fingerprint density at radius 3 is 1.98 bits per heavy atom. The van der Waals surface area contributed by atoms with Crippen LogP contribution in [0.5, 0.6) is 0 Å². The standard InChI is InChI=1S/C32H31N2S2.C13H24O2.Ir/c1-31(2,3)16-19-7-9-21-10-11-22(15-23(21)13-19)26-29-27(34-18-33-26)30-28(36-29)24-14-20(17-32(4,5)6)8-12-25(24)35-30;1-5-10(6-2)12(14)9-13(15)11(7-3)8-4;/h7-14,18H,16-17H2,1-6H3;9-11,14H,5-8H2,1-4H3;/q-1;;/b;12-9-;. The molecule has 0 bridgehead atoms. The SMILES string of the molecule is CC(C)(C)Cc1ccc2ccc(-c3ncnc4c3sc3c5cc(CC(C)(C)C)ccc5sc43)[c-]c2c1.CCC(CC)C(=O)/C=C(\O)C(CC)CC.[Ir]. The molecule has 0 unspecified atom stereocenters. The Kier molecular flexibility index (Phi) is 14.0. The molecular weight excluding hydrogens is 857 g/mol. The van der Waals surface area contributed by atoms with Crippen molar-refractivity contribution in [1.82, 2.24) is 9.97 Å². The second-order valence-corrected chi connectivity index (χ2v) is 18.4. The summed E-state index contributed by atoms with van der Waals surface area (Å²) in [6.45, 7) is 21.8. The van der Waals surface area contributed by atoms with Crippen molar-refractivity contribution in [2.24, 2.45) is 22.7 Å². The molecule has 0 atom stereocenters. The van der Waals surface area contributed by atoms with Crippen molar-refractivity contribution in [2.45, 2.75) is 108 Å². The predicted octanol–water partition coefficient (Wildman–Crippen LogP) is 13.7. The third kappa shape index (κ3) is 9.96. The van der Waals surface area contributed by atoms with Crippen molar-refractivity contribution in [1.29, 1.82) is 0 Å². The zero-order valence-electron chi connectivity index (χ0n) is 32.6. The van der Waals surface area contributed by atoms with Crippen LogP contribution in [0.25, 0.3) is 51.7 Å². The molecule has 6 rings (SSSR count). The summed E-state index contributed by atoms with van der Waals surface area (Å²) < 4.78 is 5.09. The van der Waals surface area contributed by atoms with Crippen LogP contribution >= 0.6 is 22.7 Å². The molecule has 4 nitrogen and oxygen atoms in total. The summed E-state index contributed by atoms with van der Waals surface area (Å²) in [4.78, 5) is 21.2. The van der Waals surface area contributed by atoms with E-state index < -0.39 is 0 Å². The van der Waals surface area contributed by atoms with Crippen LogP contribution in [-0.4, -0.2) is 20.9 Å². The Morgan fingerprint density at radius 1 is 0.769 bits per heavy atom. The number of thiophene rings is 2. The van der Waals surface area contributed by atoms with Gasteiger partial charge in [0.05, 0.1) is 20.7 Å². The first-order valence-electron chi connectivity index (χ1n) is 18.6. The van der Waals surface area contributed by atoms with Gasteiger partial charge in [0.1, 0.15) is 6.33 Å². The molecule has 6 aromatic rings. The fourth-order valence-corrected chi connectivity index (χ4v) is 9.53. The van der Waals surface area contributed by atoms with Crippen LogP contribution in [0.3, 0.4) is 0 Å². The Hall–Kier alpha value is -2.96. The third-order valence-electron chi connectivity index (χ3n) is 9.55. The summed E-state index contributed by atoms with van der Waals surface area (Å²) in [5, 5.41) is 13.5. The number of benzene rings is 3. The first kappa shape index (κ1) is 41.8. The summed E-state index contributed by atoms with van der Waals surface area (Å²) in [6, 6.07) is 21.8. The van der Waals surface area contributed by atoms with Crippen molar-refractivity contribution in [3.63, 3.8) is 0 Å². The van der Waals surface area contributed by atoms with E-state index >= 15 is 0 Å². The van der Waals surface area contributed by atoms with E-state index in [2.05, 4.69) is 96.1 Å². The van der Waals surface area contributed by atoms with Gasteiger partial charge in [-0.05, 0) is 67.1 Å². The maximum atomic E-state index is 11.7. The number of fused-ring (bicyclic) bond motifs is 6. The molecule has 52 heavy (non-hydrogen) atoms. The minimum Gasteiger partial charge on any atom is -0.512 e. The second kappa shape index (κ2) is 17.5. The van der Waals surface area contributed by atoms with Gasteiger partial charge < -0.3 is 5.11 Å². The number of rotatable bonds is 10. The molecule has 0 aliphatic rings. The van der Waals surface area contributed by atoms with E-state index in [-0.39, 0.29) is 54.3 Å². The number of hydrogen-bond donors (Lipinski definition) is 1. The molecule has 0 fully saturated rings. The summed E-state index contributed by atoms with van der Waals surface area (Å²) in [5.74, 6) is 0.547. The number of allylic oxidation sites excluding steroid dienone is 2. The molecule has 1 N–H and O–H groups in total. The van der Waals surface area contributed by atoms with Crippen LogP contribution in [0.4, 0.5) is 0 Å². The summed E-state index contributed by atoms with van der Waals surface area (Å²) in [5.41, 5.74) is 6.35. The van der Waals surface area contributed by atoms with Crippen LogP contribution in [0.15, 0.2) is 66.7 Å². The van der Waals surface area contributed by atoms with Gasteiger partial charge in [-0.25, -0.2) is 4.98 Å². The van der Waals surface area contributed by atoms with E-state index in [4.69, 9.17) is 9.97 Å². The van der Waals surface area contributed by atoms with Crippen LogP contribution in [0.1, 0.15) is 106 Å². The molecule has 1 radical (unpaired) electrons. The molecule has 0 saturated carbocycles. The smallest absolute Gasteiger partial charge is 0.162 e. The van der Waals surface area contributed by atoms with Gasteiger partial charge in [-0.15, -0.1) is 52.3 Å². The fourth-order valence-electron chi connectivity index (χ4n) is 6.88. The molecule has 0 aliphatic carbocycles. The number of aliphatic hydroxyl groups is 1. The van der Waals surface area contributed by atoms with Gasteiger partial charge >= 0.3 is 0 Å². The molecule has 0 aliphatic heterocycles. The van der Waals surface area contributed by atoms with Gasteiger partial charge in [0.25, 0.3) is 0 Å². The molecule has 0 amide bonds. The predicted molar refractivity (Wildman–Crippen MR) is 222 cm³/mol. The van der Waals surface area contributed by atoms with E-state index in [9.17, 15) is 9.90 Å². The number of ketones is 1. The fraction of sp³-hybridized carbons (Fsp3) is 0.444. The zero-order chi connectivity index (χ0) is 37.1. The number of hydrogen-bond acceptors (Lipinski definition) is 6. The summed E-state index contributed by atoms with van der Waals surface area (Å²) >= 11 is 3.68. The van der Waals surface area contributed by atoms with Crippen LogP contribution in [0, 0.1) is 28.7 Å². The summed E-state index contributed by atoms with van der Waals surface area (Å²) in [7, 11) is 0. The van der Waals surface area contributed by atoms with Crippen molar-refractivity contribution < 1.29 is 30.0 Å². The molecule has 3 heterocycles. The maximum absolute atomic E-state index is 11.7. The molecule has 3 aromatic heterocycles. The Morgan fingerprint density at radius 2 is 1.37 bits per heavy atom. The second-order valence-electron chi connectivity index (χ2n) is 16.4. The molecule has 0 saturated heterocycles. The number of aliphatic hydroxyl groups excluding tert-OH is 1. The molecular formula is C45H55IrN2O2S2-. The van der Waals surface area contributed by atoms with Gasteiger partial charge in [-0.2, -0.15) is 0 Å². The van der Waals surface area contributed by atoms with E-state index in [1.807, 2.05) is 50.4 Å². The van der Waals surface area contributed by atoms with E-state index in [0.29, 0.717) is 0 Å². The maximum Gasteiger partial charge on any atom is 0.162 e. The van der Waals surface area contributed by atoms with Crippen LogP contribution in [-0.2, 0) is 37.7 Å². The number of nitrogens with zero attached hydrogens (tertiary/aromatic N) is 2. The average Bonchev–Trinajstić information content (AvgIpc) is 3.60. The monoisotopic (exact) mass is 912 g/mol. The van der Waals surface area contributed by atoms with Gasteiger partial charge in [0.2, 0.25) is 0 Å². The number of carbonyl (C=O) groups is 1. The third-order valence-corrected chi connectivity index (χ3v) is 12.1. The Balaban J connectivity index is 0.000000323. The molecule has 279 valence electrons. The van der Waals surface area contributed by atoms with E-state index in [0.717, 1.165) is 65.4 Å². The Bertz CT molecular complexity index is 2170. The van der Waals surface area contributed by atoms with Gasteiger partial charge in [-0.1, -0.05) is 104 Å². The van der Waals surface area contributed by atoms with Crippen LogP contribution in [0.2, 0.25) is 0 Å². The van der Waals surface area contributed by atoms with Crippen molar-refractivity contribution in [3.05, 3.63) is 83.9 Å². The van der Waals surface area contributed by atoms with Crippen molar-refractivity contribution >= 4 is 68.9 Å². The molecule has 3 aromatic carbocycles.